The third-order valence-corrected chi connectivity index (χ3v) is 6.78. The molecule has 162 valence electrons. The quantitative estimate of drug-likeness (QED) is 0.783. The van der Waals surface area contributed by atoms with Crippen LogP contribution < -0.4 is 21.3 Å². The molecule has 1 aliphatic carbocycles. The molecular formula is C23H32N4O3. The standard InChI is InChI=1S/C23H32N4O3/c1-25-19-14-17(24-21(28)13-16-9-5-3-6-10-16)18(27-11-7-4-8-12-27)15-20(19)26(2)23(30)22(25)29/h14-16H,3-13H2,1-2H3,(H,24,28). The molecule has 0 unspecified atom stereocenters. The van der Waals surface area contributed by atoms with Crippen molar-refractivity contribution in [2.24, 2.45) is 20.0 Å². The maximum absolute atomic E-state index is 12.9. The average Bonchev–Trinajstić information content (AvgIpc) is 2.77. The van der Waals surface area contributed by atoms with Crippen molar-refractivity contribution in [2.75, 3.05) is 23.3 Å². The number of aromatic nitrogens is 2. The zero-order valence-corrected chi connectivity index (χ0v) is 18.1. The number of hydrogen-bond donors (Lipinski definition) is 1. The van der Waals surface area contributed by atoms with E-state index in [1.165, 1.54) is 34.8 Å². The van der Waals surface area contributed by atoms with Crippen molar-refractivity contribution >= 4 is 28.3 Å². The number of aryl methyl sites for hydroxylation is 2. The molecule has 2 aliphatic rings. The number of amides is 1. The normalized spacial score (nSPS) is 18.0. The molecule has 1 amide bonds. The molecule has 30 heavy (non-hydrogen) atoms. The number of fused-ring (bicyclic) bond motifs is 1. The highest BCUT2D eigenvalue weighted by Gasteiger charge is 2.22. The lowest BCUT2D eigenvalue weighted by Crippen LogP contribution is -2.39. The molecule has 0 spiro atoms. The summed E-state index contributed by atoms with van der Waals surface area (Å²) in [7, 11) is 3.24. The summed E-state index contributed by atoms with van der Waals surface area (Å²) in [5.74, 6) is 0.497. The largest absolute Gasteiger partial charge is 0.370 e. The predicted octanol–water partition coefficient (Wildman–Crippen LogP) is 3.14. The highest BCUT2D eigenvalue weighted by molar-refractivity contribution is 5.98. The van der Waals surface area contributed by atoms with Gasteiger partial charge in [0.05, 0.1) is 22.4 Å². The number of nitrogens with one attached hydrogen (secondary N) is 1. The van der Waals surface area contributed by atoms with Gasteiger partial charge in [-0.25, -0.2) is 0 Å². The highest BCUT2D eigenvalue weighted by Crippen LogP contribution is 2.33. The van der Waals surface area contributed by atoms with Gasteiger partial charge in [0, 0.05) is 33.6 Å². The Morgan fingerprint density at radius 2 is 1.47 bits per heavy atom. The monoisotopic (exact) mass is 412 g/mol. The lowest BCUT2D eigenvalue weighted by molar-refractivity contribution is -0.117. The molecule has 7 heteroatoms. The van der Waals surface area contributed by atoms with Gasteiger partial charge in [0.25, 0.3) is 0 Å². The van der Waals surface area contributed by atoms with Crippen molar-refractivity contribution in [3.63, 3.8) is 0 Å². The average molecular weight is 413 g/mol. The molecule has 1 saturated carbocycles. The molecule has 2 aromatic rings. The molecular weight excluding hydrogens is 380 g/mol. The zero-order chi connectivity index (χ0) is 21.3. The maximum Gasteiger partial charge on any atom is 0.316 e. The number of rotatable bonds is 4. The number of anilines is 2. The summed E-state index contributed by atoms with van der Waals surface area (Å²) < 4.78 is 2.80. The molecule has 1 aromatic carbocycles. The summed E-state index contributed by atoms with van der Waals surface area (Å²) in [6.45, 7) is 1.85. The van der Waals surface area contributed by atoms with Gasteiger partial charge >= 0.3 is 11.1 Å². The molecule has 4 rings (SSSR count). The predicted molar refractivity (Wildman–Crippen MR) is 120 cm³/mol. The van der Waals surface area contributed by atoms with Crippen molar-refractivity contribution in [3.8, 4) is 0 Å². The second-order valence-electron chi connectivity index (χ2n) is 8.89. The fourth-order valence-electron chi connectivity index (χ4n) is 4.96. The number of carbonyl (C=O) groups excluding carboxylic acids is 1. The second kappa shape index (κ2) is 8.66. The van der Waals surface area contributed by atoms with Crippen molar-refractivity contribution in [2.45, 2.75) is 57.8 Å². The van der Waals surface area contributed by atoms with Crippen LogP contribution in [0.5, 0.6) is 0 Å². The fraction of sp³-hybridized carbons (Fsp3) is 0.609. The first-order valence-corrected chi connectivity index (χ1v) is 11.2. The van der Waals surface area contributed by atoms with Gasteiger partial charge in [-0.2, -0.15) is 0 Å². The Kier molecular flexibility index (Phi) is 5.97. The van der Waals surface area contributed by atoms with Crippen LogP contribution in [-0.4, -0.2) is 28.1 Å². The first kappa shape index (κ1) is 20.7. The Morgan fingerprint density at radius 1 is 0.900 bits per heavy atom. The SMILES string of the molecule is Cn1c(=O)c(=O)n(C)c2cc(N3CCCCC3)c(NC(=O)CC3CCCCC3)cc21. The summed E-state index contributed by atoms with van der Waals surface area (Å²) in [4.78, 5) is 39.8. The van der Waals surface area contributed by atoms with Crippen molar-refractivity contribution < 1.29 is 4.79 Å². The topological polar surface area (TPSA) is 76.3 Å². The van der Waals surface area contributed by atoms with Crippen LogP contribution in [0, 0.1) is 5.92 Å². The molecule has 1 N–H and O–H groups in total. The molecule has 1 aliphatic heterocycles. The second-order valence-corrected chi connectivity index (χ2v) is 8.89. The van der Waals surface area contributed by atoms with Gasteiger partial charge in [0.15, 0.2) is 0 Å². The van der Waals surface area contributed by atoms with Crippen LogP contribution in [0.4, 0.5) is 11.4 Å². The zero-order valence-electron chi connectivity index (χ0n) is 18.1. The van der Waals surface area contributed by atoms with E-state index in [9.17, 15) is 14.4 Å². The minimum Gasteiger partial charge on any atom is -0.370 e. The minimum absolute atomic E-state index is 0.0364. The van der Waals surface area contributed by atoms with Crippen molar-refractivity contribution in [1.29, 1.82) is 0 Å². The van der Waals surface area contributed by atoms with Crippen LogP contribution in [0.2, 0.25) is 0 Å². The molecule has 7 nitrogen and oxygen atoms in total. The molecule has 1 aromatic heterocycles. The van der Waals surface area contributed by atoms with E-state index in [1.807, 2.05) is 12.1 Å². The van der Waals surface area contributed by atoms with Gasteiger partial charge in [0.2, 0.25) is 5.91 Å². The number of benzene rings is 1. The van der Waals surface area contributed by atoms with Gasteiger partial charge in [-0.15, -0.1) is 0 Å². The third kappa shape index (κ3) is 4.02. The van der Waals surface area contributed by atoms with Crippen LogP contribution in [-0.2, 0) is 18.9 Å². The van der Waals surface area contributed by atoms with E-state index in [0.29, 0.717) is 23.4 Å². The molecule has 0 bridgehead atoms. The fourth-order valence-corrected chi connectivity index (χ4v) is 4.96. The Morgan fingerprint density at radius 3 is 2.10 bits per heavy atom. The van der Waals surface area contributed by atoms with E-state index in [1.54, 1.807) is 14.1 Å². The van der Waals surface area contributed by atoms with Gasteiger partial charge in [-0.3, -0.25) is 14.4 Å². The Hall–Kier alpha value is -2.57. The summed E-state index contributed by atoms with van der Waals surface area (Å²) in [5.41, 5.74) is 1.93. The van der Waals surface area contributed by atoms with E-state index in [2.05, 4.69) is 10.2 Å². The van der Waals surface area contributed by atoms with Gasteiger partial charge in [-0.05, 0) is 50.2 Å². The van der Waals surface area contributed by atoms with E-state index < -0.39 is 11.1 Å². The Labute approximate surface area is 176 Å². The van der Waals surface area contributed by atoms with E-state index in [0.717, 1.165) is 50.1 Å². The van der Waals surface area contributed by atoms with E-state index >= 15 is 0 Å². The lowest BCUT2D eigenvalue weighted by Gasteiger charge is -2.31. The minimum atomic E-state index is -0.560. The number of carbonyl (C=O) groups is 1. The van der Waals surface area contributed by atoms with Crippen molar-refractivity contribution in [3.05, 3.63) is 32.8 Å². The maximum atomic E-state index is 12.9. The third-order valence-electron chi connectivity index (χ3n) is 6.78. The number of piperidine rings is 1. The molecule has 0 atom stereocenters. The molecule has 2 heterocycles. The van der Waals surface area contributed by atoms with Gasteiger partial charge < -0.3 is 19.4 Å². The van der Waals surface area contributed by atoms with E-state index in [-0.39, 0.29) is 5.91 Å². The van der Waals surface area contributed by atoms with Gasteiger partial charge in [0.1, 0.15) is 0 Å². The summed E-state index contributed by atoms with van der Waals surface area (Å²) in [6, 6.07) is 3.82. The van der Waals surface area contributed by atoms with E-state index in [4.69, 9.17) is 0 Å². The summed E-state index contributed by atoms with van der Waals surface area (Å²) >= 11 is 0. The Bertz CT molecular complexity index is 1060. The highest BCUT2D eigenvalue weighted by atomic mass is 16.2. The molecule has 2 fully saturated rings. The number of hydrogen-bond acceptors (Lipinski definition) is 4. The molecule has 1 saturated heterocycles. The first-order chi connectivity index (χ1) is 14.5. The van der Waals surface area contributed by atoms with Crippen LogP contribution in [0.15, 0.2) is 21.7 Å². The number of nitrogens with zero attached hydrogens (tertiary/aromatic N) is 3. The van der Waals surface area contributed by atoms with Gasteiger partial charge in [-0.1, -0.05) is 19.3 Å². The Balaban J connectivity index is 1.74. The van der Waals surface area contributed by atoms with Crippen LogP contribution in [0.1, 0.15) is 57.8 Å². The summed E-state index contributed by atoms with van der Waals surface area (Å²) in [6.07, 6.45) is 9.92. The van der Waals surface area contributed by atoms with Crippen molar-refractivity contribution in [1.82, 2.24) is 9.13 Å². The lowest BCUT2D eigenvalue weighted by atomic mass is 9.87. The smallest absolute Gasteiger partial charge is 0.316 e. The summed E-state index contributed by atoms with van der Waals surface area (Å²) in [5, 5.41) is 3.14. The first-order valence-electron chi connectivity index (χ1n) is 11.2. The van der Waals surface area contributed by atoms with Crippen LogP contribution in [0.3, 0.4) is 0 Å². The van der Waals surface area contributed by atoms with Crippen LogP contribution >= 0.6 is 0 Å². The molecule has 0 radical (unpaired) electrons. The van der Waals surface area contributed by atoms with Crippen LogP contribution in [0.25, 0.3) is 11.0 Å².